The first-order valence-electron chi connectivity index (χ1n) is 8.38. The highest BCUT2D eigenvalue weighted by Crippen LogP contribution is 2.17. The molecule has 148 valence electrons. The molecule has 0 aliphatic rings. The number of H-pyrrole nitrogens is 1. The maximum Gasteiger partial charge on any atom is 0.330 e. The van der Waals surface area contributed by atoms with Crippen LogP contribution in [-0.4, -0.2) is 40.3 Å². The lowest BCUT2D eigenvalue weighted by molar-refractivity contribution is -0.119. The Balaban J connectivity index is 2.52. The van der Waals surface area contributed by atoms with Crippen LogP contribution in [0.4, 0.5) is 11.5 Å². The van der Waals surface area contributed by atoms with Crippen molar-refractivity contribution in [2.45, 2.75) is 33.4 Å². The second-order valence-corrected chi connectivity index (χ2v) is 6.73. The van der Waals surface area contributed by atoms with E-state index in [0.717, 1.165) is 16.2 Å². The third-order valence-corrected chi connectivity index (χ3v) is 4.90. The number of carbonyl (C=O) groups excluding carboxylic acids is 1. The number of nitrogens with one attached hydrogen (secondary N) is 1. The van der Waals surface area contributed by atoms with Gasteiger partial charge in [-0.3, -0.25) is 28.5 Å². The monoisotopic (exact) mass is 397 g/mol. The number of carbonyl (C=O) groups is 1. The van der Waals surface area contributed by atoms with Gasteiger partial charge in [0.1, 0.15) is 12.4 Å². The maximum absolute atomic E-state index is 12.9. The van der Waals surface area contributed by atoms with E-state index in [1.54, 1.807) is 12.3 Å². The van der Waals surface area contributed by atoms with Gasteiger partial charge in [0.2, 0.25) is 5.91 Å². The summed E-state index contributed by atoms with van der Waals surface area (Å²) in [6, 6.07) is 0. The van der Waals surface area contributed by atoms with E-state index in [1.165, 1.54) is 16.2 Å². The normalized spacial score (nSPS) is 10.9. The van der Waals surface area contributed by atoms with Crippen molar-refractivity contribution in [3.05, 3.63) is 41.6 Å². The molecular weight excluding hydrogens is 374 g/mol. The highest BCUT2D eigenvalue weighted by molar-refractivity contribution is 7.07. The lowest BCUT2D eigenvalue weighted by atomic mass is 10.3. The summed E-state index contributed by atoms with van der Waals surface area (Å²) in [5, 5.41) is 1.65. The number of nitrogen functional groups attached to an aromatic ring is 1. The summed E-state index contributed by atoms with van der Waals surface area (Å²) < 4.78 is 7.56. The van der Waals surface area contributed by atoms with Crippen molar-refractivity contribution < 1.29 is 9.53 Å². The van der Waals surface area contributed by atoms with E-state index in [1.807, 2.05) is 6.92 Å². The van der Waals surface area contributed by atoms with Gasteiger partial charge < -0.3 is 15.4 Å². The van der Waals surface area contributed by atoms with Gasteiger partial charge >= 0.3 is 10.6 Å². The Bertz CT molecular complexity index is 986. The van der Waals surface area contributed by atoms with Gasteiger partial charge in [-0.15, -0.1) is 0 Å². The number of thiazole rings is 1. The molecule has 11 heteroatoms. The van der Waals surface area contributed by atoms with E-state index in [9.17, 15) is 19.2 Å². The summed E-state index contributed by atoms with van der Waals surface area (Å²) in [4.78, 5) is 52.3. The van der Waals surface area contributed by atoms with Crippen LogP contribution in [0.5, 0.6) is 0 Å². The van der Waals surface area contributed by atoms with Crippen LogP contribution in [-0.2, 0) is 22.6 Å². The van der Waals surface area contributed by atoms with Gasteiger partial charge in [-0.25, -0.2) is 4.79 Å². The summed E-state index contributed by atoms with van der Waals surface area (Å²) in [6.45, 7) is 3.82. The van der Waals surface area contributed by atoms with Crippen LogP contribution in [0.15, 0.2) is 19.8 Å². The molecule has 0 saturated carbocycles. The molecule has 1 amide bonds. The molecule has 3 N–H and O–H groups in total. The Kier molecular flexibility index (Phi) is 6.75. The molecule has 10 nitrogen and oxygen atoms in total. The topological polar surface area (TPSA) is 132 Å². The number of ether oxygens (including phenoxy) is 1. The van der Waals surface area contributed by atoms with Gasteiger partial charge in [0.25, 0.3) is 5.56 Å². The van der Waals surface area contributed by atoms with E-state index in [2.05, 4.69) is 4.98 Å². The standard InChI is InChI=1S/C16H23N5O5S/c1-4-5-20-13(17)12(14(23)18-15(20)24)19(6-7-26-3)11(22)8-21-10(2)9-27-16(21)25/h9H,4-8,17H2,1-3H3,(H,18,23,24). The van der Waals surface area contributed by atoms with Crippen LogP contribution < -0.4 is 26.8 Å². The Morgan fingerprint density at radius 3 is 2.59 bits per heavy atom. The molecule has 0 bridgehead atoms. The second kappa shape index (κ2) is 8.82. The van der Waals surface area contributed by atoms with Crippen molar-refractivity contribution in [3.8, 4) is 0 Å². The van der Waals surface area contributed by atoms with Gasteiger partial charge in [-0.05, 0) is 13.3 Å². The largest absolute Gasteiger partial charge is 0.383 e. The van der Waals surface area contributed by atoms with Gasteiger partial charge in [0.15, 0.2) is 5.69 Å². The summed E-state index contributed by atoms with van der Waals surface area (Å²) in [5.41, 5.74) is 5.19. The van der Waals surface area contributed by atoms with E-state index in [0.29, 0.717) is 18.7 Å². The Morgan fingerprint density at radius 1 is 1.33 bits per heavy atom. The molecule has 0 aliphatic heterocycles. The smallest absolute Gasteiger partial charge is 0.330 e. The zero-order valence-corrected chi connectivity index (χ0v) is 16.3. The molecule has 0 unspecified atom stereocenters. The van der Waals surface area contributed by atoms with Crippen LogP contribution in [0.2, 0.25) is 0 Å². The van der Waals surface area contributed by atoms with Crippen molar-refractivity contribution in [1.29, 1.82) is 0 Å². The van der Waals surface area contributed by atoms with Crippen LogP contribution in [0, 0.1) is 6.92 Å². The quantitative estimate of drug-likeness (QED) is 0.631. The number of hydrogen-bond acceptors (Lipinski definition) is 7. The maximum atomic E-state index is 12.9. The molecule has 0 aliphatic carbocycles. The van der Waals surface area contributed by atoms with E-state index < -0.39 is 17.2 Å². The fourth-order valence-corrected chi connectivity index (χ4v) is 3.38. The minimum Gasteiger partial charge on any atom is -0.383 e. The van der Waals surface area contributed by atoms with Crippen LogP contribution in [0.1, 0.15) is 19.0 Å². The number of aromatic amines is 1. The van der Waals surface area contributed by atoms with Crippen LogP contribution >= 0.6 is 11.3 Å². The number of hydrogen-bond donors (Lipinski definition) is 2. The molecule has 27 heavy (non-hydrogen) atoms. The summed E-state index contributed by atoms with van der Waals surface area (Å²) in [7, 11) is 1.46. The molecule has 2 aromatic heterocycles. The number of amides is 1. The minimum absolute atomic E-state index is 0.0465. The number of nitrogens with two attached hydrogens (primary N) is 1. The molecule has 0 atom stereocenters. The predicted octanol–water partition coefficient (Wildman–Crippen LogP) is -0.260. The number of aryl methyl sites for hydroxylation is 1. The summed E-state index contributed by atoms with van der Waals surface area (Å²) >= 11 is 0.990. The molecule has 0 aromatic carbocycles. The van der Waals surface area contributed by atoms with Crippen molar-refractivity contribution >= 4 is 28.7 Å². The molecule has 2 heterocycles. The molecule has 2 aromatic rings. The highest BCUT2D eigenvalue weighted by atomic mass is 32.1. The van der Waals surface area contributed by atoms with Crippen LogP contribution in [0.3, 0.4) is 0 Å². The number of anilines is 2. The van der Waals surface area contributed by atoms with Crippen molar-refractivity contribution in [3.63, 3.8) is 0 Å². The third-order valence-electron chi connectivity index (χ3n) is 4.02. The SMILES string of the molecule is CCCn1c(N)c(N(CCOC)C(=O)Cn2c(C)csc2=O)c(=O)[nH]c1=O. The fourth-order valence-electron chi connectivity index (χ4n) is 2.64. The number of rotatable bonds is 8. The zero-order valence-electron chi connectivity index (χ0n) is 15.5. The first kappa shape index (κ1) is 20.6. The first-order valence-corrected chi connectivity index (χ1v) is 9.26. The van der Waals surface area contributed by atoms with Gasteiger partial charge in [-0.2, -0.15) is 0 Å². The third kappa shape index (κ3) is 4.37. The zero-order chi connectivity index (χ0) is 20.1. The molecular formula is C16H23N5O5S. The van der Waals surface area contributed by atoms with Gasteiger partial charge in [0, 0.05) is 31.3 Å². The highest BCUT2D eigenvalue weighted by Gasteiger charge is 2.25. The number of aromatic nitrogens is 3. The Labute approximate surface area is 158 Å². The van der Waals surface area contributed by atoms with Crippen molar-refractivity contribution in [2.75, 3.05) is 30.9 Å². The Morgan fingerprint density at radius 2 is 2.04 bits per heavy atom. The first-order chi connectivity index (χ1) is 12.8. The van der Waals surface area contributed by atoms with E-state index in [4.69, 9.17) is 10.5 Å². The van der Waals surface area contributed by atoms with Crippen molar-refractivity contribution in [1.82, 2.24) is 14.1 Å². The Hall–Kier alpha value is -2.66. The second-order valence-electron chi connectivity index (χ2n) is 5.91. The summed E-state index contributed by atoms with van der Waals surface area (Å²) in [6.07, 6.45) is 0.616. The average molecular weight is 397 g/mol. The van der Waals surface area contributed by atoms with Gasteiger partial charge in [0.05, 0.1) is 6.61 Å². The van der Waals surface area contributed by atoms with E-state index >= 15 is 0 Å². The predicted molar refractivity (Wildman–Crippen MR) is 104 cm³/mol. The molecule has 0 fully saturated rings. The molecule has 0 saturated heterocycles. The molecule has 2 rings (SSSR count). The minimum atomic E-state index is -0.760. The van der Waals surface area contributed by atoms with Gasteiger partial charge in [-0.1, -0.05) is 18.3 Å². The van der Waals surface area contributed by atoms with Crippen LogP contribution in [0.25, 0.3) is 0 Å². The number of methoxy groups -OCH3 is 1. The van der Waals surface area contributed by atoms with Crippen molar-refractivity contribution in [2.24, 2.45) is 0 Å². The lowest BCUT2D eigenvalue weighted by Crippen LogP contribution is -2.44. The number of nitrogens with zero attached hydrogens (tertiary/aromatic N) is 3. The molecule has 0 radical (unpaired) electrons. The summed E-state index contributed by atoms with van der Waals surface area (Å²) in [5.74, 6) is -0.598. The lowest BCUT2D eigenvalue weighted by Gasteiger charge is -2.24. The van der Waals surface area contributed by atoms with E-state index in [-0.39, 0.29) is 36.1 Å². The molecule has 0 spiro atoms. The fraction of sp³-hybridized carbons (Fsp3) is 0.500. The average Bonchev–Trinajstić information content (AvgIpc) is 2.93.